The van der Waals surface area contributed by atoms with Gasteiger partial charge in [-0.05, 0) is 54.2 Å². The largest absolute Gasteiger partial charge is 0.492 e. The molecule has 2 aromatic rings. The summed E-state index contributed by atoms with van der Waals surface area (Å²) < 4.78 is 5.74. The van der Waals surface area contributed by atoms with E-state index in [1.165, 1.54) is 11.1 Å². The molecule has 1 atom stereocenters. The number of hydrogen-bond donors (Lipinski definition) is 1. The van der Waals surface area contributed by atoms with Gasteiger partial charge in [-0.25, -0.2) is 0 Å². The Morgan fingerprint density at radius 1 is 1.21 bits per heavy atom. The lowest BCUT2D eigenvalue weighted by atomic mass is 9.95. The molecule has 1 aliphatic heterocycles. The molecule has 0 spiro atoms. The maximum atomic E-state index is 12.8. The molecule has 2 aromatic carbocycles. The van der Waals surface area contributed by atoms with Crippen LogP contribution in [0.15, 0.2) is 36.4 Å². The Labute approximate surface area is 148 Å². The predicted molar refractivity (Wildman–Crippen MR) is 98.0 cm³/mol. The van der Waals surface area contributed by atoms with Crippen LogP contribution in [0, 0.1) is 5.92 Å². The van der Waals surface area contributed by atoms with Crippen LogP contribution in [0.25, 0.3) is 0 Å². The topological polar surface area (TPSA) is 38.3 Å². The first kappa shape index (κ1) is 16.8. The number of para-hydroxylation sites is 1. The molecular weight excluding hydrogens is 322 g/mol. The van der Waals surface area contributed by atoms with E-state index in [0.29, 0.717) is 18.1 Å². The summed E-state index contributed by atoms with van der Waals surface area (Å²) >= 11 is 6.06. The molecule has 24 heavy (non-hydrogen) atoms. The van der Waals surface area contributed by atoms with Crippen molar-refractivity contribution in [2.75, 3.05) is 11.9 Å². The van der Waals surface area contributed by atoms with Crippen molar-refractivity contribution < 1.29 is 9.53 Å². The van der Waals surface area contributed by atoms with Gasteiger partial charge in [-0.1, -0.05) is 43.6 Å². The van der Waals surface area contributed by atoms with Crippen LogP contribution in [0.1, 0.15) is 30.5 Å². The zero-order valence-corrected chi connectivity index (χ0v) is 14.8. The lowest BCUT2D eigenvalue weighted by molar-refractivity contribution is -0.121. The normalized spacial score (nSPS) is 16.2. The number of halogens is 1. The minimum absolute atomic E-state index is 0.0104. The summed E-state index contributed by atoms with van der Waals surface area (Å²) in [5.41, 5.74) is 4.29. The van der Waals surface area contributed by atoms with Crippen LogP contribution in [0.5, 0.6) is 5.75 Å². The van der Waals surface area contributed by atoms with Crippen LogP contribution in [-0.2, 0) is 24.1 Å². The molecular formula is C20H22ClNO2. The van der Waals surface area contributed by atoms with E-state index in [9.17, 15) is 4.79 Å². The molecule has 126 valence electrons. The van der Waals surface area contributed by atoms with E-state index in [4.69, 9.17) is 16.3 Å². The van der Waals surface area contributed by atoms with Gasteiger partial charge in [0.15, 0.2) is 0 Å². The van der Waals surface area contributed by atoms with Gasteiger partial charge in [0.1, 0.15) is 12.4 Å². The lowest BCUT2D eigenvalue weighted by Crippen LogP contribution is -2.33. The van der Waals surface area contributed by atoms with Gasteiger partial charge in [0, 0.05) is 10.7 Å². The van der Waals surface area contributed by atoms with Crippen molar-refractivity contribution in [3.05, 3.63) is 58.1 Å². The number of nitrogens with one attached hydrogen (secondary N) is 1. The van der Waals surface area contributed by atoms with Crippen LogP contribution < -0.4 is 10.1 Å². The molecule has 0 saturated heterocycles. The van der Waals surface area contributed by atoms with Gasteiger partial charge in [0.2, 0.25) is 5.91 Å². The first-order valence-corrected chi connectivity index (χ1v) is 8.83. The van der Waals surface area contributed by atoms with Crippen molar-refractivity contribution >= 4 is 23.2 Å². The smallest absolute Gasteiger partial charge is 0.231 e. The van der Waals surface area contributed by atoms with Crippen molar-refractivity contribution in [3.8, 4) is 5.75 Å². The Hall–Kier alpha value is -2.00. The number of benzene rings is 2. The third-order valence-corrected chi connectivity index (χ3v) is 4.78. The van der Waals surface area contributed by atoms with E-state index in [0.717, 1.165) is 29.8 Å². The number of hydrogen-bond acceptors (Lipinski definition) is 2. The monoisotopic (exact) mass is 343 g/mol. The van der Waals surface area contributed by atoms with E-state index in [1.807, 2.05) is 18.2 Å². The third-order valence-electron chi connectivity index (χ3n) is 4.55. The average Bonchev–Trinajstić information content (AvgIpc) is 2.61. The Balaban J connectivity index is 1.79. The number of rotatable bonds is 4. The van der Waals surface area contributed by atoms with Crippen molar-refractivity contribution in [2.24, 2.45) is 5.92 Å². The highest BCUT2D eigenvalue weighted by Crippen LogP contribution is 2.31. The molecule has 0 unspecified atom stereocenters. The highest BCUT2D eigenvalue weighted by Gasteiger charge is 2.27. The van der Waals surface area contributed by atoms with Gasteiger partial charge in [0.25, 0.3) is 0 Å². The number of amides is 1. The van der Waals surface area contributed by atoms with E-state index >= 15 is 0 Å². The number of anilines is 1. The van der Waals surface area contributed by atoms with Gasteiger partial charge in [-0.3, -0.25) is 4.79 Å². The second kappa shape index (κ2) is 7.27. The summed E-state index contributed by atoms with van der Waals surface area (Å²) in [6.07, 6.45) is 2.43. The predicted octanol–water partition coefficient (Wildman–Crippen LogP) is 4.65. The molecule has 1 aliphatic rings. The Kier molecular flexibility index (Phi) is 5.10. The zero-order valence-electron chi connectivity index (χ0n) is 14.1. The second-order valence-electron chi connectivity index (χ2n) is 6.11. The third kappa shape index (κ3) is 3.41. The van der Waals surface area contributed by atoms with E-state index in [1.54, 1.807) is 0 Å². The number of ether oxygens (including phenoxy) is 1. The van der Waals surface area contributed by atoms with Crippen LogP contribution >= 0.6 is 11.6 Å². The summed E-state index contributed by atoms with van der Waals surface area (Å²) in [7, 11) is 0. The van der Waals surface area contributed by atoms with Gasteiger partial charge in [-0.15, -0.1) is 0 Å². The highest BCUT2D eigenvalue weighted by atomic mass is 35.5. The van der Waals surface area contributed by atoms with Crippen LogP contribution in [0.2, 0.25) is 5.02 Å². The minimum Gasteiger partial charge on any atom is -0.492 e. The molecule has 0 aromatic heterocycles. The van der Waals surface area contributed by atoms with Gasteiger partial charge in [-0.2, -0.15) is 0 Å². The Bertz CT molecular complexity index is 735. The van der Waals surface area contributed by atoms with E-state index in [-0.39, 0.29) is 11.8 Å². The number of carbonyl (C=O) groups excluding carboxylic acids is 1. The Morgan fingerprint density at radius 3 is 2.58 bits per heavy atom. The molecule has 0 aliphatic carbocycles. The summed E-state index contributed by atoms with van der Waals surface area (Å²) in [4.78, 5) is 12.8. The van der Waals surface area contributed by atoms with Crippen molar-refractivity contribution in [2.45, 2.75) is 33.1 Å². The maximum absolute atomic E-state index is 12.8. The summed E-state index contributed by atoms with van der Waals surface area (Å²) in [6, 6.07) is 11.8. The molecule has 1 heterocycles. The van der Waals surface area contributed by atoms with E-state index in [2.05, 4.69) is 37.4 Å². The zero-order chi connectivity index (χ0) is 17.1. The quantitative estimate of drug-likeness (QED) is 0.877. The van der Waals surface area contributed by atoms with Crippen LogP contribution in [0.4, 0.5) is 5.69 Å². The SMILES string of the molecule is CCc1cccc(CC)c1NC(=O)[C@@H]1COc2ccc(Cl)cc2C1. The van der Waals surface area contributed by atoms with Crippen molar-refractivity contribution in [1.29, 1.82) is 0 Å². The minimum atomic E-state index is -0.203. The second-order valence-corrected chi connectivity index (χ2v) is 6.55. The molecule has 3 rings (SSSR count). The standard InChI is InChI=1S/C20H22ClNO2/c1-3-13-6-5-7-14(4-2)19(13)22-20(23)16-10-15-11-17(21)8-9-18(15)24-12-16/h5-9,11,16H,3-4,10,12H2,1-2H3,(H,22,23)/t16-/m0/s1. The van der Waals surface area contributed by atoms with E-state index < -0.39 is 0 Å². The molecule has 1 N–H and O–H groups in total. The first-order chi connectivity index (χ1) is 11.6. The molecule has 0 fully saturated rings. The summed E-state index contributed by atoms with van der Waals surface area (Å²) in [5, 5.41) is 3.81. The molecule has 0 radical (unpaired) electrons. The summed E-state index contributed by atoms with van der Waals surface area (Å²) in [5.74, 6) is 0.633. The fourth-order valence-corrected chi connectivity index (χ4v) is 3.35. The fraction of sp³-hybridized carbons (Fsp3) is 0.350. The highest BCUT2D eigenvalue weighted by molar-refractivity contribution is 6.30. The number of fused-ring (bicyclic) bond motifs is 1. The Morgan fingerprint density at radius 2 is 1.92 bits per heavy atom. The fourth-order valence-electron chi connectivity index (χ4n) is 3.16. The number of aryl methyl sites for hydroxylation is 2. The van der Waals surface area contributed by atoms with Gasteiger partial charge in [0.05, 0.1) is 5.92 Å². The summed E-state index contributed by atoms with van der Waals surface area (Å²) in [6.45, 7) is 4.61. The molecule has 3 nitrogen and oxygen atoms in total. The van der Waals surface area contributed by atoms with Gasteiger partial charge < -0.3 is 10.1 Å². The van der Waals surface area contributed by atoms with Gasteiger partial charge >= 0.3 is 0 Å². The molecule has 4 heteroatoms. The number of carbonyl (C=O) groups is 1. The van der Waals surface area contributed by atoms with Crippen LogP contribution in [0.3, 0.4) is 0 Å². The van der Waals surface area contributed by atoms with Crippen LogP contribution in [-0.4, -0.2) is 12.5 Å². The average molecular weight is 344 g/mol. The molecule has 0 saturated carbocycles. The van der Waals surface area contributed by atoms with Crippen molar-refractivity contribution in [3.63, 3.8) is 0 Å². The van der Waals surface area contributed by atoms with Crippen molar-refractivity contribution in [1.82, 2.24) is 0 Å². The lowest BCUT2D eigenvalue weighted by Gasteiger charge is -2.25. The first-order valence-electron chi connectivity index (χ1n) is 8.45. The maximum Gasteiger partial charge on any atom is 0.231 e. The molecule has 1 amide bonds. The molecule has 0 bridgehead atoms.